The third-order valence-electron chi connectivity index (χ3n) is 3.94. The summed E-state index contributed by atoms with van der Waals surface area (Å²) in [6.45, 7) is 1.97. The molecule has 0 bridgehead atoms. The maximum absolute atomic E-state index is 12.4. The van der Waals surface area contributed by atoms with Gasteiger partial charge in [-0.05, 0) is 42.3 Å². The van der Waals surface area contributed by atoms with E-state index in [0.717, 1.165) is 17.3 Å². The molecule has 2 aromatic carbocycles. The van der Waals surface area contributed by atoms with E-state index in [-0.39, 0.29) is 5.91 Å². The van der Waals surface area contributed by atoms with Crippen LogP contribution in [-0.4, -0.2) is 29.4 Å². The molecule has 0 aliphatic heterocycles. The first-order valence-electron chi connectivity index (χ1n) is 8.28. The minimum atomic E-state index is -0.411. The zero-order chi connectivity index (χ0) is 17.6. The van der Waals surface area contributed by atoms with Crippen LogP contribution in [-0.2, 0) is 6.42 Å². The highest BCUT2D eigenvalue weighted by molar-refractivity contribution is 6.08. The molecule has 0 unspecified atom stereocenters. The Morgan fingerprint density at radius 3 is 2.76 bits per heavy atom. The van der Waals surface area contributed by atoms with Gasteiger partial charge in [-0.2, -0.15) is 5.10 Å². The second kappa shape index (κ2) is 7.79. The first-order valence-corrected chi connectivity index (χ1v) is 8.28. The Balaban J connectivity index is 1.77. The van der Waals surface area contributed by atoms with Crippen LogP contribution in [0.2, 0.25) is 0 Å². The number of rotatable bonds is 7. The van der Waals surface area contributed by atoms with Crippen LogP contribution in [0.1, 0.15) is 29.3 Å². The fourth-order valence-electron chi connectivity index (χ4n) is 2.49. The lowest BCUT2D eigenvalue weighted by molar-refractivity contribution is 0.102. The topological polar surface area (TPSA) is 67.0 Å². The smallest absolute Gasteiger partial charge is 0.256 e. The zero-order valence-corrected chi connectivity index (χ0v) is 14.0. The van der Waals surface area contributed by atoms with E-state index in [1.54, 1.807) is 24.3 Å². The highest BCUT2D eigenvalue weighted by atomic mass is 19.1. The second-order valence-electron chi connectivity index (χ2n) is 5.68. The van der Waals surface area contributed by atoms with Gasteiger partial charge in [-0.15, -0.1) is 0 Å². The number of nitrogens with zero attached hydrogens (tertiary/aromatic N) is 1. The number of hydrogen-bond donors (Lipinski definition) is 2. The zero-order valence-electron chi connectivity index (χ0n) is 14.0. The Bertz CT molecular complexity index is 859. The molecule has 5 nitrogen and oxygen atoms in total. The van der Waals surface area contributed by atoms with Gasteiger partial charge in [0.2, 0.25) is 0 Å². The summed E-state index contributed by atoms with van der Waals surface area (Å²) in [6, 6.07) is 12.9. The van der Waals surface area contributed by atoms with E-state index < -0.39 is 6.67 Å². The van der Waals surface area contributed by atoms with Crippen molar-refractivity contribution < 1.29 is 13.9 Å². The van der Waals surface area contributed by atoms with Crippen LogP contribution in [0.5, 0.6) is 5.75 Å². The molecule has 3 rings (SSSR count). The molecule has 0 spiro atoms. The van der Waals surface area contributed by atoms with Crippen molar-refractivity contribution in [2.24, 2.45) is 0 Å². The van der Waals surface area contributed by atoms with E-state index in [4.69, 9.17) is 4.74 Å². The summed E-state index contributed by atoms with van der Waals surface area (Å²) in [5.74, 6) is 0.834. The van der Waals surface area contributed by atoms with Crippen LogP contribution in [0.15, 0.2) is 42.5 Å². The summed E-state index contributed by atoms with van der Waals surface area (Å²) in [6.07, 6.45) is 1.28. The molecule has 1 heterocycles. The van der Waals surface area contributed by atoms with Gasteiger partial charge in [-0.1, -0.05) is 19.1 Å². The van der Waals surface area contributed by atoms with Gasteiger partial charge in [0.05, 0.1) is 18.8 Å². The molecular weight excluding hydrogens is 321 g/mol. The van der Waals surface area contributed by atoms with Crippen molar-refractivity contribution in [1.29, 1.82) is 0 Å². The molecule has 3 aromatic rings. The van der Waals surface area contributed by atoms with E-state index in [1.807, 2.05) is 18.2 Å². The summed E-state index contributed by atoms with van der Waals surface area (Å²) in [5, 5.41) is 10.6. The summed E-state index contributed by atoms with van der Waals surface area (Å²) in [7, 11) is 0. The largest absolute Gasteiger partial charge is 0.493 e. The van der Waals surface area contributed by atoms with Gasteiger partial charge in [0.1, 0.15) is 5.75 Å². The van der Waals surface area contributed by atoms with Crippen molar-refractivity contribution in [2.75, 3.05) is 18.6 Å². The number of fused-ring (bicyclic) bond motifs is 1. The lowest BCUT2D eigenvalue weighted by Crippen LogP contribution is -2.12. The van der Waals surface area contributed by atoms with Gasteiger partial charge in [0.25, 0.3) is 5.91 Å². The van der Waals surface area contributed by atoms with Crippen molar-refractivity contribution in [3.63, 3.8) is 0 Å². The lowest BCUT2D eigenvalue weighted by atomic mass is 10.1. The van der Waals surface area contributed by atoms with Crippen molar-refractivity contribution in [3.8, 4) is 5.75 Å². The monoisotopic (exact) mass is 341 g/mol. The number of anilines is 1. The summed E-state index contributed by atoms with van der Waals surface area (Å²) >= 11 is 0. The predicted octanol–water partition coefficient (Wildman–Crippen LogP) is 4.12. The third kappa shape index (κ3) is 3.96. The number of H-pyrrole nitrogens is 1. The lowest BCUT2D eigenvalue weighted by Gasteiger charge is -2.06. The van der Waals surface area contributed by atoms with E-state index in [0.29, 0.717) is 30.2 Å². The van der Waals surface area contributed by atoms with Crippen LogP contribution >= 0.6 is 0 Å². The average molecular weight is 341 g/mol. The summed E-state index contributed by atoms with van der Waals surface area (Å²) in [4.78, 5) is 12.4. The van der Waals surface area contributed by atoms with Gasteiger partial charge in [-0.25, -0.2) is 0 Å². The molecule has 0 saturated heterocycles. The molecule has 0 aliphatic carbocycles. The molecule has 0 aliphatic rings. The number of aromatic nitrogens is 2. The number of halogens is 1. The molecule has 6 heteroatoms. The van der Waals surface area contributed by atoms with Gasteiger partial charge >= 0.3 is 0 Å². The van der Waals surface area contributed by atoms with Crippen LogP contribution in [0.25, 0.3) is 10.9 Å². The number of carbonyl (C=O) groups is 1. The van der Waals surface area contributed by atoms with Gasteiger partial charge in [0.15, 0.2) is 5.82 Å². The van der Waals surface area contributed by atoms with Crippen LogP contribution in [0, 0.1) is 0 Å². The van der Waals surface area contributed by atoms with Crippen LogP contribution in [0.3, 0.4) is 0 Å². The Kier molecular flexibility index (Phi) is 5.28. The highest BCUT2D eigenvalue weighted by Gasteiger charge is 2.12. The molecule has 130 valence electrons. The third-order valence-corrected chi connectivity index (χ3v) is 3.94. The predicted molar refractivity (Wildman–Crippen MR) is 96.0 cm³/mol. The molecule has 0 saturated carbocycles. The van der Waals surface area contributed by atoms with Gasteiger partial charge < -0.3 is 10.1 Å². The Labute approximate surface area is 145 Å². The normalized spacial score (nSPS) is 10.8. The number of benzene rings is 2. The Hall–Kier alpha value is -2.89. The first-order chi connectivity index (χ1) is 12.2. The van der Waals surface area contributed by atoms with Crippen molar-refractivity contribution in [2.45, 2.75) is 19.8 Å². The maximum atomic E-state index is 12.4. The Morgan fingerprint density at radius 1 is 1.24 bits per heavy atom. The number of aromatic amines is 1. The van der Waals surface area contributed by atoms with Gasteiger partial charge in [-0.3, -0.25) is 14.3 Å². The van der Waals surface area contributed by atoms with Crippen LogP contribution < -0.4 is 10.1 Å². The molecule has 0 fully saturated rings. The molecule has 0 radical (unpaired) electrons. The van der Waals surface area contributed by atoms with Gasteiger partial charge in [0, 0.05) is 17.4 Å². The second-order valence-corrected chi connectivity index (χ2v) is 5.68. The maximum Gasteiger partial charge on any atom is 0.256 e. The first kappa shape index (κ1) is 17.0. The van der Waals surface area contributed by atoms with E-state index in [1.165, 1.54) is 5.56 Å². The summed E-state index contributed by atoms with van der Waals surface area (Å²) in [5.41, 5.74) is 2.54. The average Bonchev–Trinajstić information content (AvgIpc) is 3.04. The number of aryl methyl sites for hydroxylation is 1. The highest BCUT2D eigenvalue weighted by Crippen LogP contribution is 2.26. The number of alkyl halides is 1. The van der Waals surface area contributed by atoms with Crippen LogP contribution in [0.4, 0.5) is 10.2 Å². The summed E-state index contributed by atoms with van der Waals surface area (Å²) < 4.78 is 17.7. The number of ether oxygens (including phenoxy) is 1. The van der Waals surface area contributed by atoms with E-state index in [9.17, 15) is 9.18 Å². The molecule has 1 aromatic heterocycles. The molecule has 1 amide bonds. The Morgan fingerprint density at radius 2 is 2.04 bits per heavy atom. The fourth-order valence-corrected chi connectivity index (χ4v) is 2.49. The SMILES string of the molecule is CCc1ccc(C(=O)Nc2n[nH]c3ccc(OCCCF)cc23)cc1. The molecule has 25 heavy (non-hydrogen) atoms. The molecule has 2 N–H and O–H groups in total. The minimum absolute atomic E-state index is 0.222. The number of hydrogen-bond acceptors (Lipinski definition) is 3. The number of carbonyl (C=O) groups excluding carboxylic acids is 1. The number of nitrogens with one attached hydrogen (secondary N) is 2. The fraction of sp³-hybridized carbons (Fsp3) is 0.263. The van der Waals surface area contributed by atoms with Crippen molar-refractivity contribution in [3.05, 3.63) is 53.6 Å². The minimum Gasteiger partial charge on any atom is -0.493 e. The van der Waals surface area contributed by atoms with E-state index in [2.05, 4.69) is 22.4 Å². The molecule has 0 atom stereocenters. The number of amides is 1. The molecular formula is C19H20FN3O2. The van der Waals surface area contributed by atoms with E-state index >= 15 is 0 Å². The quantitative estimate of drug-likeness (QED) is 0.635. The van der Waals surface area contributed by atoms with Crippen molar-refractivity contribution >= 4 is 22.6 Å². The standard InChI is InChI=1S/C19H20FN3O2/c1-2-13-4-6-14(7-5-13)19(24)21-18-16-12-15(25-11-3-10-20)8-9-17(16)22-23-18/h4-9,12H,2-3,10-11H2,1H3,(H2,21,22,23,24). The van der Waals surface area contributed by atoms with Crippen molar-refractivity contribution in [1.82, 2.24) is 10.2 Å².